The van der Waals surface area contributed by atoms with E-state index in [1.54, 1.807) is 6.07 Å². The van der Waals surface area contributed by atoms with Gasteiger partial charge in [0.05, 0.1) is 17.1 Å². The number of H-pyrrole nitrogens is 1. The fourth-order valence-electron chi connectivity index (χ4n) is 2.01. The van der Waals surface area contributed by atoms with Gasteiger partial charge in [-0.15, -0.1) is 16.4 Å². The lowest BCUT2D eigenvalue weighted by atomic mass is 10.1. The molecule has 0 amide bonds. The lowest BCUT2D eigenvalue weighted by Crippen LogP contribution is -2.22. The first-order valence-electron chi connectivity index (χ1n) is 6.93. The number of aromatic amines is 1. The van der Waals surface area contributed by atoms with Crippen LogP contribution in [0.5, 0.6) is 0 Å². The average molecular weight is 315 g/mol. The number of thiophene rings is 1. The summed E-state index contributed by atoms with van der Waals surface area (Å²) < 4.78 is 1.81. The fourth-order valence-corrected chi connectivity index (χ4v) is 2.78. The summed E-state index contributed by atoms with van der Waals surface area (Å²) in [6.07, 6.45) is 3.75. The molecule has 3 heterocycles. The van der Waals surface area contributed by atoms with E-state index in [4.69, 9.17) is 0 Å². The molecule has 0 aliphatic carbocycles. The minimum atomic E-state index is -0.118. The van der Waals surface area contributed by atoms with Crippen LogP contribution in [0.3, 0.4) is 0 Å². The lowest BCUT2D eigenvalue weighted by molar-refractivity contribution is 0.347. The van der Waals surface area contributed by atoms with Gasteiger partial charge in [-0.3, -0.25) is 4.79 Å². The highest BCUT2D eigenvalue weighted by Crippen LogP contribution is 2.19. The van der Waals surface area contributed by atoms with Crippen molar-refractivity contribution >= 4 is 33.2 Å². The van der Waals surface area contributed by atoms with E-state index in [-0.39, 0.29) is 11.1 Å². The molecule has 0 fully saturated rings. The summed E-state index contributed by atoms with van der Waals surface area (Å²) in [5.41, 5.74) is 1.34. The van der Waals surface area contributed by atoms with Crippen molar-refractivity contribution in [3.05, 3.63) is 39.5 Å². The third-order valence-corrected chi connectivity index (χ3v) is 4.08. The van der Waals surface area contributed by atoms with E-state index >= 15 is 0 Å². The Morgan fingerprint density at radius 1 is 1.41 bits per heavy atom. The normalized spacial score (nSPS) is 13.0. The fraction of sp³-hybridized carbons (Fsp3) is 0.333. The first kappa shape index (κ1) is 14.6. The molecular formula is C15H17N5OS. The SMILES string of the molecule is CC(=Cc1cn(C(C)(C)C)nn1)c1nc2sccc2c(=O)[nH]1. The molecular weight excluding hydrogens is 298 g/mol. The van der Waals surface area contributed by atoms with Gasteiger partial charge in [-0.1, -0.05) is 5.21 Å². The molecule has 22 heavy (non-hydrogen) atoms. The van der Waals surface area contributed by atoms with E-state index in [9.17, 15) is 4.79 Å². The summed E-state index contributed by atoms with van der Waals surface area (Å²) in [4.78, 5) is 20.0. The van der Waals surface area contributed by atoms with Gasteiger partial charge < -0.3 is 4.98 Å². The number of rotatable bonds is 2. The Bertz CT molecular complexity index is 910. The molecule has 114 valence electrons. The minimum absolute atomic E-state index is 0.116. The van der Waals surface area contributed by atoms with E-state index < -0.39 is 0 Å². The van der Waals surface area contributed by atoms with Crippen molar-refractivity contribution in [2.45, 2.75) is 33.2 Å². The molecule has 0 aliphatic heterocycles. The molecule has 3 aromatic rings. The highest BCUT2D eigenvalue weighted by Gasteiger charge is 2.14. The van der Waals surface area contributed by atoms with Gasteiger partial charge in [0, 0.05) is 0 Å². The summed E-state index contributed by atoms with van der Waals surface area (Å²) in [7, 11) is 0. The van der Waals surface area contributed by atoms with Crippen molar-refractivity contribution in [1.29, 1.82) is 0 Å². The van der Waals surface area contributed by atoms with E-state index in [1.165, 1.54) is 11.3 Å². The van der Waals surface area contributed by atoms with Crippen molar-refractivity contribution in [3.8, 4) is 0 Å². The second-order valence-corrected chi connectivity index (χ2v) is 7.03. The topological polar surface area (TPSA) is 76.5 Å². The van der Waals surface area contributed by atoms with E-state index in [1.807, 2.05) is 29.3 Å². The predicted molar refractivity (Wildman–Crippen MR) is 88.8 cm³/mol. The van der Waals surface area contributed by atoms with Gasteiger partial charge in [-0.25, -0.2) is 9.67 Å². The Morgan fingerprint density at radius 3 is 2.86 bits per heavy atom. The van der Waals surface area contributed by atoms with Crippen LogP contribution in [0.2, 0.25) is 0 Å². The Kier molecular flexibility index (Phi) is 3.44. The standard InChI is InChI=1S/C15H17N5OS/c1-9(7-10-8-20(19-18-10)15(2,3)4)12-16-13(21)11-5-6-22-14(11)17-12/h5-8H,1-4H3,(H,16,17,21). The first-order chi connectivity index (χ1) is 10.3. The number of nitrogens with one attached hydrogen (secondary N) is 1. The highest BCUT2D eigenvalue weighted by atomic mass is 32.1. The third kappa shape index (κ3) is 2.71. The molecule has 0 spiro atoms. The molecule has 0 aromatic carbocycles. The van der Waals surface area contributed by atoms with E-state index in [0.29, 0.717) is 11.2 Å². The summed E-state index contributed by atoms with van der Waals surface area (Å²) in [6.45, 7) is 8.08. The molecule has 3 rings (SSSR count). The second-order valence-electron chi connectivity index (χ2n) is 6.14. The van der Waals surface area contributed by atoms with Gasteiger partial charge in [-0.05, 0) is 50.8 Å². The molecule has 0 saturated carbocycles. The molecule has 3 aromatic heterocycles. The van der Waals surface area contributed by atoms with Crippen molar-refractivity contribution in [2.24, 2.45) is 0 Å². The Balaban J connectivity index is 1.99. The molecule has 0 bridgehead atoms. The monoisotopic (exact) mass is 315 g/mol. The second kappa shape index (κ2) is 5.17. The Morgan fingerprint density at radius 2 is 2.18 bits per heavy atom. The van der Waals surface area contributed by atoms with Crippen LogP contribution < -0.4 is 5.56 Å². The average Bonchev–Trinajstić information content (AvgIpc) is 3.06. The Hall–Kier alpha value is -2.28. The molecule has 0 atom stereocenters. The molecule has 7 heteroatoms. The molecule has 1 N–H and O–H groups in total. The predicted octanol–water partition coefficient (Wildman–Crippen LogP) is 2.89. The van der Waals surface area contributed by atoms with Crippen molar-refractivity contribution in [2.75, 3.05) is 0 Å². The molecule has 0 saturated heterocycles. The largest absolute Gasteiger partial charge is 0.306 e. The van der Waals surface area contributed by atoms with Crippen LogP contribution in [0.1, 0.15) is 39.2 Å². The lowest BCUT2D eigenvalue weighted by Gasteiger charge is -2.17. The Labute approximate surface area is 131 Å². The van der Waals surface area contributed by atoms with Gasteiger partial charge in [0.15, 0.2) is 0 Å². The van der Waals surface area contributed by atoms with Crippen LogP contribution in [-0.4, -0.2) is 25.0 Å². The zero-order chi connectivity index (χ0) is 15.9. The number of nitrogens with zero attached hydrogens (tertiary/aromatic N) is 4. The summed E-state index contributed by atoms with van der Waals surface area (Å²) in [6, 6.07) is 1.78. The third-order valence-electron chi connectivity index (χ3n) is 3.27. The zero-order valence-electron chi connectivity index (χ0n) is 12.9. The number of allylic oxidation sites excluding steroid dienone is 1. The van der Waals surface area contributed by atoms with Crippen LogP contribution in [0.4, 0.5) is 0 Å². The van der Waals surface area contributed by atoms with Gasteiger partial charge in [0.25, 0.3) is 5.56 Å². The molecule has 6 nitrogen and oxygen atoms in total. The van der Waals surface area contributed by atoms with Crippen LogP contribution >= 0.6 is 11.3 Å². The maximum Gasteiger partial charge on any atom is 0.259 e. The summed E-state index contributed by atoms with van der Waals surface area (Å²) in [5.74, 6) is 0.560. The molecule has 0 aliphatic rings. The number of aromatic nitrogens is 5. The van der Waals surface area contributed by atoms with Crippen LogP contribution in [0.25, 0.3) is 21.9 Å². The summed E-state index contributed by atoms with van der Waals surface area (Å²) >= 11 is 1.46. The van der Waals surface area contributed by atoms with Gasteiger partial charge in [0.1, 0.15) is 16.3 Å². The van der Waals surface area contributed by atoms with E-state index in [0.717, 1.165) is 16.1 Å². The molecule has 0 radical (unpaired) electrons. The number of hydrogen-bond acceptors (Lipinski definition) is 5. The highest BCUT2D eigenvalue weighted by molar-refractivity contribution is 7.16. The first-order valence-corrected chi connectivity index (χ1v) is 7.81. The zero-order valence-corrected chi connectivity index (χ0v) is 13.7. The summed E-state index contributed by atoms with van der Waals surface area (Å²) in [5, 5.41) is 10.8. The van der Waals surface area contributed by atoms with Crippen LogP contribution in [-0.2, 0) is 5.54 Å². The number of hydrogen-bond donors (Lipinski definition) is 1. The van der Waals surface area contributed by atoms with Crippen molar-refractivity contribution in [3.63, 3.8) is 0 Å². The number of fused-ring (bicyclic) bond motifs is 1. The van der Waals surface area contributed by atoms with Crippen molar-refractivity contribution < 1.29 is 0 Å². The quantitative estimate of drug-likeness (QED) is 0.789. The smallest absolute Gasteiger partial charge is 0.259 e. The van der Waals surface area contributed by atoms with E-state index in [2.05, 4.69) is 41.1 Å². The molecule has 0 unspecified atom stereocenters. The van der Waals surface area contributed by atoms with Crippen LogP contribution in [0, 0.1) is 0 Å². The van der Waals surface area contributed by atoms with Crippen LogP contribution in [0.15, 0.2) is 22.4 Å². The van der Waals surface area contributed by atoms with Gasteiger partial charge in [0.2, 0.25) is 0 Å². The van der Waals surface area contributed by atoms with Crippen molar-refractivity contribution in [1.82, 2.24) is 25.0 Å². The minimum Gasteiger partial charge on any atom is -0.306 e. The maximum absolute atomic E-state index is 12.0. The maximum atomic E-state index is 12.0. The van der Waals surface area contributed by atoms with Gasteiger partial charge in [-0.2, -0.15) is 0 Å². The van der Waals surface area contributed by atoms with Gasteiger partial charge >= 0.3 is 0 Å².